The van der Waals surface area contributed by atoms with Gasteiger partial charge in [-0.25, -0.2) is 0 Å². The summed E-state index contributed by atoms with van der Waals surface area (Å²) in [5.74, 6) is 0. The van der Waals surface area contributed by atoms with Crippen LogP contribution in [0.15, 0.2) is 146 Å². The number of rotatable bonds is 6. The van der Waals surface area contributed by atoms with Gasteiger partial charge in [0.15, 0.2) is 0 Å². The van der Waals surface area contributed by atoms with Crippen LogP contribution in [0.2, 0.25) is 0 Å². The highest BCUT2D eigenvalue weighted by atomic mass is 15.2. The second kappa shape index (κ2) is 16.5. The Morgan fingerprint density at radius 2 is 0.662 bits per heavy atom. The summed E-state index contributed by atoms with van der Waals surface area (Å²) in [4.78, 5) is 11.9. The van der Waals surface area contributed by atoms with E-state index in [1.54, 1.807) is 0 Å². The van der Waals surface area contributed by atoms with E-state index in [1.165, 1.54) is 133 Å². The van der Waals surface area contributed by atoms with E-state index >= 15 is 0 Å². The van der Waals surface area contributed by atoms with Crippen LogP contribution in [-0.4, -0.2) is 23.4 Å². The molecule has 4 heterocycles. The summed E-state index contributed by atoms with van der Waals surface area (Å²) in [5.41, 5.74) is 36.3. The fraction of sp³-hybridized carbons (Fsp3) is 0.175. The Balaban J connectivity index is 1.19. The number of anilines is 3. The Bertz CT molecular complexity index is 3210. The Morgan fingerprint density at radius 3 is 1.01 bits per heavy atom. The van der Waals surface area contributed by atoms with E-state index in [9.17, 15) is 0 Å². The van der Waals surface area contributed by atoms with Crippen molar-refractivity contribution in [2.24, 2.45) is 0 Å². The average Bonchev–Trinajstić information content (AvgIpc) is 3.37. The first kappa shape index (κ1) is 43.3. The highest BCUT2D eigenvalue weighted by Crippen LogP contribution is 2.41. The molecule has 0 atom stereocenters. The first-order valence-corrected chi connectivity index (χ1v) is 24.2. The van der Waals surface area contributed by atoms with E-state index in [-0.39, 0.29) is 13.4 Å². The number of hydrogen-bond acceptors (Lipinski definition) is 3. The first-order valence-electron chi connectivity index (χ1n) is 24.2. The van der Waals surface area contributed by atoms with Crippen molar-refractivity contribution in [2.75, 3.05) is 4.90 Å². The summed E-state index contributed by atoms with van der Waals surface area (Å²) in [6, 6.07) is 49.7. The van der Waals surface area contributed by atoms with Crippen molar-refractivity contribution < 1.29 is 0 Å². The summed E-state index contributed by atoms with van der Waals surface area (Å²) in [6.45, 7) is 25.7. The highest BCUT2D eigenvalue weighted by Gasteiger charge is 2.45. The molecule has 0 radical (unpaired) electrons. The molecule has 2 aliphatic rings. The summed E-state index contributed by atoms with van der Waals surface area (Å²) in [6.07, 6.45) is 3.73. The Hall–Kier alpha value is -7.23. The van der Waals surface area contributed by atoms with Crippen molar-refractivity contribution in [2.45, 2.75) is 76.2 Å². The molecule has 0 bridgehead atoms. The number of benzene rings is 7. The van der Waals surface area contributed by atoms with Crippen LogP contribution in [0.4, 0.5) is 17.1 Å². The molecule has 0 saturated heterocycles. The monoisotopic (exact) mass is 877 g/mol. The van der Waals surface area contributed by atoms with Crippen molar-refractivity contribution in [3.63, 3.8) is 0 Å². The SMILES string of the molecule is Cc1cc2c3c(c1)B(c1c(C)c(C)c(C)c(C)c1C)c1cc(-c4ccc(-c5ccccn5)cc4)ccc1N3c1ccc(-c3ccc(-c4ccccn4)cc3)cc1B2c1c(C)c(C)c(C)c(C)c1C. The van der Waals surface area contributed by atoms with Crippen molar-refractivity contribution >= 4 is 63.3 Å². The zero-order chi connectivity index (χ0) is 47.3. The van der Waals surface area contributed by atoms with Crippen molar-refractivity contribution in [3.05, 3.63) is 207 Å². The molecule has 0 unspecified atom stereocenters. The van der Waals surface area contributed by atoms with Gasteiger partial charge in [0.1, 0.15) is 0 Å². The number of nitrogens with zero attached hydrogens (tertiary/aromatic N) is 3. The van der Waals surface area contributed by atoms with E-state index in [4.69, 9.17) is 0 Å². The summed E-state index contributed by atoms with van der Waals surface area (Å²) in [5, 5.41) is 0. The highest BCUT2D eigenvalue weighted by molar-refractivity contribution is 7.02. The maximum Gasteiger partial charge on any atom is 0.247 e. The van der Waals surface area contributed by atoms with Crippen molar-refractivity contribution in [1.29, 1.82) is 0 Å². The van der Waals surface area contributed by atoms with Gasteiger partial charge in [0.05, 0.1) is 11.4 Å². The Morgan fingerprint density at radius 1 is 0.324 bits per heavy atom. The molecule has 2 aliphatic heterocycles. The maximum atomic E-state index is 4.64. The Labute approximate surface area is 404 Å². The maximum absolute atomic E-state index is 4.64. The largest absolute Gasteiger partial charge is 0.313 e. The number of aryl methyl sites for hydroxylation is 1. The van der Waals surface area contributed by atoms with E-state index in [2.05, 4.69) is 212 Å². The minimum Gasteiger partial charge on any atom is -0.313 e. The van der Waals surface area contributed by atoms with Crippen LogP contribution in [0.1, 0.15) is 61.2 Å². The lowest BCUT2D eigenvalue weighted by molar-refractivity contribution is 1.19. The molecular formula is C63H57B2N3. The van der Waals surface area contributed by atoms with Gasteiger partial charge >= 0.3 is 0 Å². The van der Waals surface area contributed by atoms with E-state index in [0.29, 0.717) is 0 Å². The van der Waals surface area contributed by atoms with Crippen LogP contribution in [0.3, 0.4) is 0 Å². The molecule has 0 saturated carbocycles. The Kier molecular flexibility index (Phi) is 10.5. The van der Waals surface area contributed by atoms with Crippen molar-refractivity contribution in [3.8, 4) is 44.8 Å². The lowest BCUT2D eigenvalue weighted by Gasteiger charge is -2.45. The normalized spacial score (nSPS) is 12.5. The average molecular weight is 878 g/mol. The fourth-order valence-electron chi connectivity index (χ4n) is 11.9. The third-order valence-corrected chi connectivity index (χ3v) is 16.4. The van der Waals surface area contributed by atoms with Gasteiger partial charge in [0, 0.05) is 40.6 Å². The first-order chi connectivity index (χ1) is 32.8. The number of pyridine rings is 2. The van der Waals surface area contributed by atoms with Crippen LogP contribution in [0.5, 0.6) is 0 Å². The molecule has 5 heteroatoms. The molecule has 68 heavy (non-hydrogen) atoms. The standard InChI is InChI=1S/C63H57B2N3/c1-36-32-55-63-56(33-36)65(62-45(10)41(6)38(3)42(7)46(62)11)54-35-52(48-20-24-50(25-21-48)58-17-13-15-31-67-58)27-29-60(54)68(63)59-28-26-51(47-18-22-49(23-19-47)57-16-12-14-30-66-57)34-53(59)64(55)61-43(8)39(4)37(2)40(5)44(61)9/h12-35H,1-11H3. The molecule has 3 nitrogen and oxygen atoms in total. The molecule has 7 aromatic carbocycles. The molecule has 0 fully saturated rings. The lowest BCUT2D eigenvalue weighted by atomic mass is 9.29. The van der Waals surface area contributed by atoms with Crippen LogP contribution < -0.4 is 37.7 Å². The van der Waals surface area contributed by atoms with E-state index < -0.39 is 0 Å². The smallest absolute Gasteiger partial charge is 0.247 e. The minimum atomic E-state index is 0.0171. The minimum absolute atomic E-state index is 0.0171. The lowest BCUT2D eigenvalue weighted by Crippen LogP contribution is -2.66. The van der Waals surface area contributed by atoms with Crippen LogP contribution in [0.25, 0.3) is 44.8 Å². The molecule has 0 N–H and O–H groups in total. The summed E-state index contributed by atoms with van der Waals surface area (Å²) >= 11 is 0. The van der Waals surface area contributed by atoms with Gasteiger partial charge in [-0.05, 0) is 190 Å². The number of fused-ring (bicyclic) bond motifs is 4. The number of aromatic nitrogens is 2. The van der Waals surface area contributed by atoms with Crippen LogP contribution in [-0.2, 0) is 0 Å². The predicted octanol–water partition coefficient (Wildman–Crippen LogP) is 11.7. The van der Waals surface area contributed by atoms with Crippen LogP contribution >= 0.6 is 0 Å². The van der Waals surface area contributed by atoms with Gasteiger partial charge in [-0.3, -0.25) is 9.97 Å². The topological polar surface area (TPSA) is 29.0 Å². The summed E-state index contributed by atoms with van der Waals surface area (Å²) < 4.78 is 0. The van der Waals surface area contributed by atoms with Gasteiger partial charge < -0.3 is 4.90 Å². The van der Waals surface area contributed by atoms with Gasteiger partial charge in [-0.1, -0.05) is 136 Å². The van der Waals surface area contributed by atoms with Gasteiger partial charge in [0.25, 0.3) is 0 Å². The molecule has 9 aromatic rings. The quantitative estimate of drug-likeness (QED) is 0.156. The predicted molar refractivity (Wildman–Crippen MR) is 293 cm³/mol. The zero-order valence-corrected chi connectivity index (χ0v) is 41.4. The van der Waals surface area contributed by atoms with Crippen LogP contribution in [0, 0.1) is 76.2 Å². The third kappa shape index (κ3) is 6.73. The second-order valence-corrected chi connectivity index (χ2v) is 19.7. The molecular weight excluding hydrogens is 820 g/mol. The zero-order valence-electron chi connectivity index (χ0n) is 41.4. The molecule has 2 aromatic heterocycles. The fourth-order valence-corrected chi connectivity index (χ4v) is 11.9. The molecule has 0 amide bonds. The molecule has 0 aliphatic carbocycles. The number of hydrogen-bond donors (Lipinski definition) is 0. The molecule has 0 spiro atoms. The van der Waals surface area contributed by atoms with Crippen molar-refractivity contribution in [1.82, 2.24) is 9.97 Å². The van der Waals surface area contributed by atoms with Gasteiger partial charge in [-0.2, -0.15) is 0 Å². The molecule has 330 valence electrons. The summed E-state index contributed by atoms with van der Waals surface area (Å²) in [7, 11) is 0. The van der Waals surface area contributed by atoms with Gasteiger partial charge in [0.2, 0.25) is 13.4 Å². The molecule has 11 rings (SSSR count). The van der Waals surface area contributed by atoms with E-state index in [0.717, 1.165) is 22.5 Å². The van der Waals surface area contributed by atoms with E-state index in [1.807, 2.05) is 24.5 Å². The second-order valence-electron chi connectivity index (χ2n) is 19.7. The van der Waals surface area contributed by atoms with Gasteiger partial charge in [-0.15, -0.1) is 0 Å². The third-order valence-electron chi connectivity index (χ3n) is 16.4.